The number of nitro benzene ring substituents is 1. The number of halogens is 1. The molecule has 0 bridgehead atoms. The van der Waals surface area contributed by atoms with E-state index in [-0.39, 0.29) is 16.7 Å². The van der Waals surface area contributed by atoms with E-state index in [9.17, 15) is 14.9 Å². The van der Waals surface area contributed by atoms with Crippen LogP contribution in [0.2, 0.25) is 0 Å². The van der Waals surface area contributed by atoms with Gasteiger partial charge in [0.15, 0.2) is 0 Å². The molecule has 0 amide bonds. The normalized spacial score (nSPS) is 11.9. The van der Waals surface area contributed by atoms with Crippen LogP contribution >= 0.6 is 15.9 Å². The second kappa shape index (κ2) is 9.60. The summed E-state index contributed by atoms with van der Waals surface area (Å²) in [6.07, 6.45) is 2.75. The fourth-order valence-electron chi connectivity index (χ4n) is 3.00. The smallest absolute Gasteiger partial charge is 0.282 e. The molecule has 32 heavy (non-hydrogen) atoms. The lowest BCUT2D eigenvalue weighted by Crippen LogP contribution is -2.22. The Hall–Kier alpha value is -3.07. The van der Waals surface area contributed by atoms with Crippen molar-refractivity contribution < 1.29 is 9.66 Å². The van der Waals surface area contributed by atoms with E-state index in [4.69, 9.17) is 4.74 Å². The summed E-state index contributed by atoms with van der Waals surface area (Å²) in [4.78, 5) is 28.6. The number of hydrogen-bond donors (Lipinski definition) is 0. The number of non-ortho nitro benzene ring substituents is 1. The van der Waals surface area contributed by atoms with Gasteiger partial charge in [-0.25, -0.2) is 4.98 Å². The van der Waals surface area contributed by atoms with Gasteiger partial charge in [-0.2, -0.15) is 9.78 Å². The highest BCUT2D eigenvalue weighted by Crippen LogP contribution is 2.25. The van der Waals surface area contributed by atoms with Crippen LogP contribution in [0.15, 0.2) is 50.8 Å². The highest BCUT2D eigenvalue weighted by molar-refractivity contribution is 9.10. The first-order valence-electron chi connectivity index (χ1n) is 10.3. The van der Waals surface area contributed by atoms with Crippen molar-refractivity contribution in [1.29, 1.82) is 0 Å². The Morgan fingerprint density at radius 2 is 2.00 bits per heavy atom. The quantitative estimate of drug-likeness (QED) is 0.248. The third-order valence-corrected chi connectivity index (χ3v) is 5.02. The van der Waals surface area contributed by atoms with E-state index < -0.39 is 4.92 Å². The summed E-state index contributed by atoms with van der Waals surface area (Å²) < 4.78 is 7.91. The summed E-state index contributed by atoms with van der Waals surface area (Å²) in [6.45, 7) is 8.49. The van der Waals surface area contributed by atoms with Crippen LogP contribution in [0.4, 0.5) is 5.69 Å². The molecule has 0 aliphatic carbocycles. The maximum absolute atomic E-state index is 13.2. The average molecular weight is 501 g/mol. The highest BCUT2D eigenvalue weighted by Gasteiger charge is 2.16. The van der Waals surface area contributed by atoms with E-state index >= 15 is 0 Å². The van der Waals surface area contributed by atoms with Gasteiger partial charge in [-0.1, -0.05) is 43.6 Å². The molecule has 0 spiro atoms. The molecule has 0 atom stereocenters. The standard InChI is InChI=1S/C23H25BrN4O4/c1-5-6-21-26-19-9-7-16(24)12-18(19)22(29)27(21)25-13-15-11-17(28(30)31)8-10-20(15)32-14-23(2,3)4/h7-13H,5-6,14H2,1-4H3. The van der Waals surface area contributed by atoms with Gasteiger partial charge in [0, 0.05) is 28.6 Å². The van der Waals surface area contributed by atoms with Crippen LogP contribution in [0.3, 0.4) is 0 Å². The van der Waals surface area contributed by atoms with E-state index in [1.165, 1.54) is 23.0 Å². The minimum absolute atomic E-state index is 0.0868. The molecule has 9 heteroatoms. The van der Waals surface area contributed by atoms with Crippen LogP contribution in [-0.2, 0) is 6.42 Å². The molecule has 8 nitrogen and oxygen atoms in total. The summed E-state index contributed by atoms with van der Waals surface area (Å²) in [5.74, 6) is 0.974. The first kappa shape index (κ1) is 23.6. The number of hydrogen-bond acceptors (Lipinski definition) is 6. The molecule has 1 heterocycles. The molecule has 0 fully saturated rings. The van der Waals surface area contributed by atoms with Crippen molar-refractivity contribution in [3.05, 3.63) is 72.7 Å². The Balaban J connectivity index is 2.12. The van der Waals surface area contributed by atoms with Crippen molar-refractivity contribution in [2.75, 3.05) is 6.61 Å². The zero-order valence-electron chi connectivity index (χ0n) is 18.5. The first-order chi connectivity index (χ1) is 15.1. The van der Waals surface area contributed by atoms with Crippen LogP contribution < -0.4 is 10.3 Å². The number of ether oxygens (including phenoxy) is 1. The summed E-state index contributed by atoms with van der Waals surface area (Å²) >= 11 is 3.39. The molecule has 2 aromatic carbocycles. The van der Waals surface area contributed by atoms with E-state index in [1.807, 2.05) is 33.8 Å². The Bertz CT molecular complexity index is 1250. The first-order valence-corrected chi connectivity index (χ1v) is 11.0. The topological polar surface area (TPSA) is 99.6 Å². The van der Waals surface area contributed by atoms with Crippen LogP contribution in [0.1, 0.15) is 45.5 Å². The van der Waals surface area contributed by atoms with E-state index in [1.54, 1.807) is 18.2 Å². The number of nitro groups is 1. The van der Waals surface area contributed by atoms with E-state index in [0.717, 1.165) is 10.9 Å². The van der Waals surface area contributed by atoms with Crippen molar-refractivity contribution in [2.24, 2.45) is 10.5 Å². The molecule has 0 radical (unpaired) electrons. The molecule has 1 aromatic heterocycles. The lowest BCUT2D eigenvalue weighted by atomic mass is 9.98. The molecule has 0 N–H and O–H groups in total. The number of nitrogens with zero attached hydrogens (tertiary/aromatic N) is 4. The van der Waals surface area contributed by atoms with Gasteiger partial charge in [-0.3, -0.25) is 14.9 Å². The predicted molar refractivity (Wildman–Crippen MR) is 129 cm³/mol. The average Bonchev–Trinajstić information content (AvgIpc) is 2.72. The monoisotopic (exact) mass is 500 g/mol. The third-order valence-electron chi connectivity index (χ3n) is 4.53. The van der Waals surface area contributed by atoms with Gasteiger partial charge in [-0.15, -0.1) is 0 Å². The van der Waals surface area contributed by atoms with Gasteiger partial charge in [0.2, 0.25) is 0 Å². The molecular formula is C23H25BrN4O4. The fraction of sp³-hybridized carbons (Fsp3) is 0.348. The minimum atomic E-state index is -0.478. The van der Waals surface area contributed by atoms with Gasteiger partial charge < -0.3 is 4.74 Å². The largest absolute Gasteiger partial charge is 0.492 e. The number of fused-ring (bicyclic) bond motifs is 1. The minimum Gasteiger partial charge on any atom is -0.492 e. The molecule has 3 aromatic rings. The molecule has 0 unspecified atom stereocenters. The van der Waals surface area contributed by atoms with E-state index in [2.05, 4.69) is 26.0 Å². The van der Waals surface area contributed by atoms with Gasteiger partial charge in [0.25, 0.3) is 11.2 Å². The van der Waals surface area contributed by atoms with Crippen molar-refractivity contribution in [2.45, 2.75) is 40.5 Å². The lowest BCUT2D eigenvalue weighted by Gasteiger charge is -2.19. The van der Waals surface area contributed by atoms with Crippen LogP contribution in [0, 0.1) is 15.5 Å². The number of rotatable bonds is 7. The molecular weight excluding hydrogens is 476 g/mol. The SMILES string of the molecule is CCCc1nc2ccc(Br)cc2c(=O)n1N=Cc1cc([N+](=O)[O-])ccc1OCC(C)(C)C. The molecule has 0 saturated heterocycles. The Kier molecular flexibility index (Phi) is 7.08. The van der Waals surface area contributed by atoms with Crippen molar-refractivity contribution in [1.82, 2.24) is 9.66 Å². The number of aryl methyl sites for hydroxylation is 1. The van der Waals surface area contributed by atoms with Gasteiger partial charge >= 0.3 is 0 Å². The number of aromatic nitrogens is 2. The van der Waals surface area contributed by atoms with Crippen LogP contribution in [-0.4, -0.2) is 27.4 Å². The lowest BCUT2D eigenvalue weighted by molar-refractivity contribution is -0.384. The van der Waals surface area contributed by atoms with Gasteiger partial charge in [0.1, 0.15) is 11.6 Å². The number of benzene rings is 2. The van der Waals surface area contributed by atoms with E-state index in [0.29, 0.717) is 41.1 Å². The van der Waals surface area contributed by atoms with Gasteiger partial charge in [-0.05, 0) is 36.1 Å². The summed E-state index contributed by atoms with van der Waals surface area (Å²) in [7, 11) is 0. The molecule has 0 aliphatic rings. The molecule has 3 rings (SSSR count). The second-order valence-corrected chi connectivity index (χ2v) is 9.55. The molecule has 0 aliphatic heterocycles. The Morgan fingerprint density at radius 1 is 1.25 bits per heavy atom. The Labute approximate surface area is 194 Å². The second-order valence-electron chi connectivity index (χ2n) is 8.63. The van der Waals surface area contributed by atoms with Crippen LogP contribution in [0.25, 0.3) is 10.9 Å². The molecule has 0 saturated carbocycles. The fourth-order valence-corrected chi connectivity index (χ4v) is 3.36. The summed E-state index contributed by atoms with van der Waals surface area (Å²) in [6, 6.07) is 9.65. The van der Waals surface area contributed by atoms with Crippen molar-refractivity contribution in [3.63, 3.8) is 0 Å². The zero-order chi connectivity index (χ0) is 23.5. The maximum atomic E-state index is 13.2. The van der Waals surface area contributed by atoms with Crippen molar-refractivity contribution in [3.8, 4) is 5.75 Å². The van der Waals surface area contributed by atoms with Crippen LogP contribution in [0.5, 0.6) is 5.75 Å². The Morgan fingerprint density at radius 3 is 2.66 bits per heavy atom. The zero-order valence-corrected chi connectivity index (χ0v) is 20.0. The van der Waals surface area contributed by atoms with Gasteiger partial charge in [0.05, 0.1) is 28.6 Å². The highest BCUT2D eigenvalue weighted by atomic mass is 79.9. The molecule has 168 valence electrons. The predicted octanol–water partition coefficient (Wildman–Crippen LogP) is 5.33. The third kappa shape index (κ3) is 5.59. The van der Waals surface area contributed by atoms with Crippen molar-refractivity contribution >= 4 is 38.7 Å². The maximum Gasteiger partial charge on any atom is 0.282 e. The summed E-state index contributed by atoms with van der Waals surface area (Å²) in [5, 5.41) is 16.1. The summed E-state index contributed by atoms with van der Waals surface area (Å²) in [5.41, 5.74) is 0.511.